The molecule has 0 heterocycles. The summed E-state index contributed by atoms with van der Waals surface area (Å²) in [6.45, 7) is 4.00. The van der Waals surface area contributed by atoms with E-state index in [-0.39, 0.29) is 11.8 Å². The van der Waals surface area contributed by atoms with Gasteiger partial charge in [0.15, 0.2) is 0 Å². The third-order valence-corrected chi connectivity index (χ3v) is 5.62. The lowest BCUT2D eigenvalue weighted by atomic mass is 9.49. The van der Waals surface area contributed by atoms with Gasteiger partial charge in [0, 0.05) is 13.5 Å². The Morgan fingerprint density at radius 3 is 2.05 bits per heavy atom. The third kappa shape index (κ3) is 2.70. The molecule has 4 rings (SSSR count). The van der Waals surface area contributed by atoms with Gasteiger partial charge in [0.05, 0.1) is 0 Å². The highest BCUT2D eigenvalue weighted by molar-refractivity contribution is 5.86. The second-order valence-corrected chi connectivity index (χ2v) is 7.56. The molecule has 0 radical (unpaired) electrons. The van der Waals surface area contributed by atoms with E-state index >= 15 is 0 Å². The standard InChI is InChI=1S/C16H26N2O2/c1-10(18-11(2)19)15(20)17-9-16-6-12-3-13(7-16)5-14(4-12)8-16/h10,12-14H,3-9H2,1-2H3,(H,17,20)(H,18,19). The second kappa shape index (κ2) is 5.05. The maximum atomic E-state index is 12.0. The second-order valence-electron chi connectivity index (χ2n) is 7.56. The van der Waals surface area contributed by atoms with Crippen molar-refractivity contribution in [2.24, 2.45) is 23.2 Å². The molecule has 4 aliphatic carbocycles. The Kier molecular flexibility index (Phi) is 3.51. The average molecular weight is 278 g/mol. The molecule has 4 saturated carbocycles. The highest BCUT2D eigenvalue weighted by Gasteiger charge is 2.50. The smallest absolute Gasteiger partial charge is 0.242 e. The summed E-state index contributed by atoms with van der Waals surface area (Å²) in [5, 5.41) is 5.74. The van der Waals surface area contributed by atoms with Gasteiger partial charge in [-0.1, -0.05) is 0 Å². The monoisotopic (exact) mass is 278 g/mol. The molecule has 0 aromatic rings. The predicted molar refractivity (Wildman–Crippen MR) is 76.9 cm³/mol. The lowest BCUT2D eigenvalue weighted by Crippen LogP contribution is -2.53. The van der Waals surface area contributed by atoms with Crippen molar-refractivity contribution in [3.63, 3.8) is 0 Å². The van der Waals surface area contributed by atoms with Gasteiger partial charge < -0.3 is 10.6 Å². The van der Waals surface area contributed by atoms with Crippen LogP contribution in [0, 0.1) is 23.2 Å². The summed E-state index contributed by atoms with van der Waals surface area (Å²) in [5.41, 5.74) is 0.361. The molecule has 4 fully saturated rings. The quantitative estimate of drug-likeness (QED) is 0.824. The molecular weight excluding hydrogens is 252 g/mol. The van der Waals surface area contributed by atoms with E-state index in [1.165, 1.54) is 45.4 Å². The summed E-state index contributed by atoms with van der Waals surface area (Å²) in [7, 11) is 0. The topological polar surface area (TPSA) is 58.2 Å². The van der Waals surface area contributed by atoms with Crippen LogP contribution < -0.4 is 10.6 Å². The fourth-order valence-electron chi connectivity index (χ4n) is 5.30. The van der Waals surface area contributed by atoms with Crippen molar-refractivity contribution in [2.75, 3.05) is 6.54 Å². The summed E-state index contributed by atoms with van der Waals surface area (Å²) in [5.74, 6) is 2.53. The van der Waals surface area contributed by atoms with Crippen molar-refractivity contribution in [2.45, 2.75) is 58.4 Å². The number of hydrogen-bond acceptors (Lipinski definition) is 2. The number of amides is 2. The van der Waals surface area contributed by atoms with Gasteiger partial charge in [-0.05, 0) is 68.6 Å². The maximum absolute atomic E-state index is 12.0. The summed E-state index contributed by atoms with van der Waals surface area (Å²) in [6, 6.07) is -0.429. The number of carbonyl (C=O) groups excluding carboxylic acids is 2. The molecular formula is C16H26N2O2. The predicted octanol–water partition coefficient (Wildman–Crippen LogP) is 1.84. The molecule has 4 bridgehead atoms. The molecule has 0 aromatic carbocycles. The van der Waals surface area contributed by atoms with Crippen molar-refractivity contribution in [1.82, 2.24) is 10.6 Å². The van der Waals surface area contributed by atoms with E-state index in [9.17, 15) is 9.59 Å². The largest absolute Gasteiger partial charge is 0.354 e. The Morgan fingerprint density at radius 2 is 1.60 bits per heavy atom. The van der Waals surface area contributed by atoms with E-state index in [4.69, 9.17) is 0 Å². The summed E-state index contributed by atoms with van der Waals surface area (Å²) >= 11 is 0. The van der Waals surface area contributed by atoms with Gasteiger partial charge in [-0.25, -0.2) is 0 Å². The average Bonchev–Trinajstić information content (AvgIpc) is 2.33. The van der Waals surface area contributed by atoms with Crippen LogP contribution in [0.5, 0.6) is 0 Å². The molecule has 20 heavy (non-hydrogen) atoms. The van der Waals surface area contributed by atoms with Crippen molar-refractivity contribution >= 4 is 11.8 Å². The summed E-state index contributed by atoms with van der Waals surface area (Å²) < 4.78 is 0. The van der Waals surface area contributed by atoms with Crippen LogP contribution in [0.15, 0.2) is 0 Å². The van der Waals surface area contributed by atoms with Gasteiger partial charge in [-0.2, -0.15) is 0 Å². The van der Waals surface area contributed by atoms with Crippen LogP contribution in [0.1, 0.15) is 52.4 Å². The van der Waals surface area contributed by atoms with Crippen LogP contribution >= 0.6 is 0 Å². The van der Waals surface area contributed by atoms with E-state index in [1.54, 1.807) is 6.92 Å². The molecule has 2 amide bonds. The highest BCUT2D eigenvalue weighted by Crippen LogP contribution is 2.59. The highest BCUT2D eigenvalue weighted by atomic mass is 16.2. The molecule has 0 saturated heterocycles. The first-order valence-electron chi connectivity index (χ1n) is 8.00. The molecule has 1 atom stereocenters. The zero-order chi connectivity index (χ0) is 14.3. The third-order valence-electron chi connectivity index (χ3n) is 5.62. The minimum absolute atomic E-state index is 0.0454. The Balaban J connectivity index is 1.56. The SMILES string of the molecule is CC(=O)NC(C)C(=O)NCC12CC3CC(CC(C3)C1)C2. The number of nitrogens with one attached hydrogen (secondary N) is 2. The fourth-order valence-corrected chi connectivity index (χ4v) is 5.30. The Morgan fingerprint density at radius 1 is 1.10 bits per heavy atom. The zero-order valence-corrected chi connectivity index (χ0v) is 12.6. The van der Waals surface area contributed by atoms with E-state index in [1.807, 2.05) is 0 Å². The van der Waals surface area contributed by atoms with Crippen LogP contribution in [0.3, 0.4) is 0 Å². The van der Waals surface area contributed by atoms with Gasteiger partial charge in [-0.3, -0.25) is 9.59 Å². The lowest BCUT2D eigenvalue weighted by molar-refractivity contribution is -0.129. The molecule has 4 heteroatoms. The molecule has 2 N–H and O–H groups in total. The van der Waals surface area contributed by atoms with E-state index in [0.29, 0.717) is 5.41 Å². The maximum Gasteiger partial charge on any atom is 0.242 e. The van der Waals surface area contributed by atoms with Gasteiger partial charge >= 0.3 is 0 Å². The first kappa shape index (κ1) is 13.9. The summed E-state index contributed by atoms with van der Waals surface area (Å²) in [4.78, 5) is 23.0. The Hall–Kier alpha value is -1.06. The van der Waals surface area contributed by atoms with Crippen molar-refractivity contribution in [3.05, 3.63) is 0 Å². The molecule has 1 unspecified atom stereocenters. The molecule has 0 aromatic heterocycles. The van der Waals surface area contributed by atoms with E-state index in [0.717, 1.165) is 24.3 Å². The molecule has 0 spiro atoms. The molecule has 0 aliphatic heterocycles. The Bertz CT molecular complexity index is 383. The minimum atomic E-state index is -0.429. The van der Waals surface area contributed by atoms with Crippen LogP contribution in [0.4, 0.5) is 0 Å². The minimum Gasteiger partial charge on any atom is -0.354 e. The van der Waals surface area contributed by atoms with Crippen LogP contribution in [0.2, 0.25) is 0 Å². The fraction of sp³-hybridized carbons (Fsp3) is 0.875. The van der Waals surface area contributed by atoms with Crippen LogP contribution in [0.25, 0.3) is 0 Å². The normalized spacial score (nSPS) is 39.4. The number of rotatable bonds is 4. The van der Waals surface area contributed by atoms with Crippen LogP contribution in [-0.4, -0.2) is 24.4 Å². The van der Waals surface area contributed by atoms with Gasteiger partial charge in [0.25, 0.3) is 0 Å². The molecule has 4 nitrogen and oxygen atoms in total. The van der Waals surface area contributed by atoms with Gasteiger partial charge in [0.2, 0.25) is 11.8 Å². The number of hydrogen-bond donors (Lipinski definition) is 2. The van der Waals surface area contributed by atoms with Crippen molar-refractivity contribution in [3.8, 4) is 0 Å². The molecule has 4 aliphatic rings. The van der Waals surface area contributed by atoms with Gasteiger partial charge in [-0.15, -0.1) is 0 Å². The van der Waals surface area contributed by atoms with Crippen molar-refractivity contribution < 1.29 is 9.59 Å². The van der Waals surface area contributed by atoms with E-state index < -0.39 is 6.04 Å². The Labute approximate surface area is 121 Å². The van der Waals surface area contributed by atoms with Crippen molar-refractivity contribution in [1.29, 1.82) is 0 Å². The van der Waals surface area contributed by atoms with E-state index in [2.05, 4.69) is 10.6 Å². The summed E-state index contributed by atoms with van der Waals surface area (Å²) in [6.07, 6.45) is 8.18. The lowest BCUT2D eigenvalue weighted by Gasteiger charge is -2.57. The van der Waals surface area contributed by atoms with Gasteiger partial charge in [0.1, 0.15) is 6.04 Å². The van der Waals surface area contributed by atoms with Crippen LogP contribution in [-0.2, 0) is 9.59 Å². The first-order valence-corrected chi connectivity index (χ1v) is 8.00. The molecule has 112 valence electrons. The number of carbonyl (C=O) groups is 2. The zero-order valence-electron chi connectivity index (χ0n) is 12.6. The first-order chi connectivity index (χ1) is 9.46.